The van der Waals surface area contributed by atoms with E-state index in [4.69, 9.17) is 4.98 Å². The molecule has 2 aromatic heterocycles. The fourth-order valence-electron chi connectivity index (χ4n) is 3.34. The molecule has 0 amide bonds. The van der Waals surface area contributed by atoms with Crippen LogP contribution in [0.1, 0.15) is 5.56 Å². The van der Waals surface area contributed by atoms with Crippen molar-refractivity contribution in [1.82, 2.24) is 14.0 Å². The van der Waals surface area contributed by atoms with Crippen LogP contribution in [0.15, 0.2) is 72.8 Å². The second-order valence-corrected chi connectivity index (χ2v) is 5.90. The van der Waals surface area contributed by atoms with Crippen molar-refractivity contribution in [3.8, 4) is 5.69 Å². The van der Waals surface area contributed by atoms with E-state index >= 15 is 0 Å². The van der Waals surface area contributed by atoms with Crippen LogP contribution in [0.25, 0.3) is 33.5 Å². The van der Waals surface area contributed by atoms with E-state index in [1.807, 2.05) is 12.1 Å². The van der Waals surface area contributed by atoms with Gasteiger partial charge in [-0.05, 0) is 48.9 Å². The first-order valence-corrected chi connectivity index (χ1v) is 7.76. The molecule has 0 saturated heterocycles. The number of para-hydroxylation sites is 3. The minimum atomic E-state index is 0.956. The lowest BCUT2D eigenvalue weighted by Crippen LogP contribution is -1.94. The Kier molecular flexibility index (Phi) is 2.42. The van der Waals surface area contributed by atoms with Gasteiger partial charge in [0, 0.05) is 5.69 Å². The van der Waals surface area contributed by atoms with Crippen LogP contribution in [0.5, 0.6) is 0 Å². The van der Waals surface area contributed by atoms with Crippen molar-refractivity contribution >= 4 is 27.8 Å². The minimum Gasteiger partial charge on any atom is -0.278 e. The molecule has 5 rings (SSSR count). The van der Waals surface area contributed by atoms with Gasteiger partial charge in [0.1, 0.15) is 0 Å². The largest absolute Gasteiger partial charge is 0.278 e. The zero-order chi connectivity index (χ0) is 15.4. The highest BCUT2D eigenvalue weighted by Gasteiger charge is 2.16. The molecule has 0 bridgehead atoms. The molecule has 0 fully saturated rings. The molecule has 3 aromatic carbocycles. The van der Waals surface area contributed by atoms with Crippen LogP contribution in [0, 0.1) is 6.92 Å². The van der Waals surface area contributed by atoms with E-state index in [0.717, 1.165) is 22.5 Å². The summed E-state index contributed by atoms with van der Waals surface area (Å²) in [6.45, 7) is 2.13. The minimum absolute atomic E-state index is 0.956. The van der Waals surface area contributed by atoms with Crippen molar-refractivity contribution in [2.45, 2.75) is 6.92 Å². The van der Waals surface area contributed by atoms with Crippen LogP contribution in [0.2, 0.25) is 0 Å². The van der Waals surface area contributed by atoms with Crippen LogP contribution >= 0.6 is 0 Å². The van der Waals surface area contributed by atoms with Crippen molar-refractivity contribution < 1.29 is 0 Å². The molecule has 110 valence electrons. The molecule has 2 heterocycles. The molecule has 0 radical (unpaired) electrons. The summed E-state index contributed by atoms with van der Waals surface area (Å²) in [5.41, 5.74) is 6.92. The summed E-state index contributed by atoms with van der Waals surface area (Å²) in [7, 11) is 0. The van der Waals surface area contributed by atoms with Gasteiger partial charge in [-0.25, -0.2) is 4.98 Å². The van der Waals surface area contributed by atoms with E-state index in [-0.39, 0.29) is 0 Å². The van der Waals surface area contributed by atoms with E-state index in [2.05, 4.69) is 76.6 Å². The van der Waals surface area contributed by atoms with E-state index in [1.165, 1.54) is 16.6 Å². The second-order valence-electron chi connectivity index (χ2n) is 5.90. The van der Waals surface area contributed by atoms with E-state index < -0.39 is 0 Å². The van der Waals surface area contributed by atoms with Crippen molar-refractivity contribution in [3.63, 3.8) is 0 Å². The quantitative estimate of drug-likeness (QED) is 0.438. The fraction of sp³-hybridized carbons (Fsp3) is 0.0500. The molecule has 0 unspecified atom stereocenters. The summed E-state index contributed by atoms with van der Waals surface area (Å²) in [4.78, 5) is 4.88. The molecular formula is C20H15N3. The average molecular weight is 297 g/mol. The molecule has 0 atom stereocenters. The van der Waals surface area contributed by atoms with Crippen molar-refractivity contribution in [1.29, 1.82) is 0 Å². The van der Waals surface area contributed by atoms with Crippen LogP contribution in [0.3, 0.4) is 0 Å². The molecule has 0 N–H and O–H groups in total. The lowest BCUT2D eigenvalue weighted by Gasteiger charge is -2.04. The lowest BCUT2D eigenvalue weighted by molar-refractivity contribution is 1.11. The Bertz CT molecular complexity index is 1160. The summed E-state index contributed by atoms with van der Waals surface area (Å²) in [5, 5.41) is 0. The second kappa shape index (κ2) is 4.46. The molecular weight excluding hydrogens is 282 g/mol. The van der Waals surface area contributed by atoms with Crippen molar-refractivity contribution in [2.24, 2.45) is 0 Å². The average Bonchev–Trinajstić information content (AvgIpc) is 3.10. The smallest absolute Gasteiger partial charge is 0.220 e. The van der Waals surface area contributed by atoms with Gasteiger partial charge in [-0.1, -0.05) is 36.4 Å². The number of aromatic nitrogens is 3. The monoisotopic (exact) mass is 297 g/mol. The number of hydrogen-bond acceptors (Lipinski definition) is 1. The maximum absolute atomic E-state index is 4.88. The van der Waals surface area contributed by atoms with Gasteiger partial charge in [0.15, 0.2) is 0 Å². The number of rotatable bonds is 1. The molecule has 0 saturated carbocycles. The van der Waals surface area contributed by atoms with Gasteiger partial charge in [0.2, 0.25) is 5.78 Å². The summed E-state index contributed by atoms with van der Waals surface area (Å²) in [5.74, 6) is 0.956. The lowest BCUT2D eigenvalue weighted by atomic mass is 10.2. The highest BCUT2D eigenvalue weighted by molar-refractivity contribution is 5.92. The number of hydrogen-bond donors (Lipinski definition) is 0. The number of benzene rings is 3. The highest BCUT2D eigenvalue weighted by atomic mass is 15.2. The molecule has 0 aliphatic heterocycles. The molecule has 3 heteroatoms. The third kappa shape index (κ3) is 1.67. The first kappa shape index (κ1) is 12.5. The molecule has 5 aromatic rings. The fourth-order valence-corrected chi connectivity index (χ4v) is 3.34. The Labute approximate surface area is 133 Å². The maximum atomic E-state index is 4.88. The topological polar surface area (TPSA) is 22.2 Å². The number of fused-ring (bicyclic) bond motifs is 5. The predicted octanol–water partition coefficient (Wildman–Crippen LogP) is 4.74. The molecule has 0 aliphatic rings. The number of nitrogens with zero attached hydrogens (tertiary/aromatic N) is 3. The Morgan fingerprint density at radius 1 is 0.739 bits per heavy atom. The van der Waals surface area contributed by atoms with E-state index in [0.29, 0.717) is 0 Å². The SMILES string of the molecule is Cc1ccc2c(c1)n1c3ccccc3nc1n2-c1ccccc1. The number of aryl methyl sites for hydroxylation is 1. The zero-order valence-corrected chi connectivity index (χ0v) is 12.8. The summed E-state index contributed by atoms with van der Waals surface area (Å²) in [6.07, 6.45) is 0. The van der Waals surface area contributed by atoms with Gasteiger partial charge in [-0.2, -0.15) is 0 Å². The first-order chi connectivity index (χ1) is 11.3. The Balaban J connectivity index is 2.06. The molecule has 0 aliphatic carbocycles. The maximum Gasteiger partial charge on any atom is 0.220 e. The van der Waals surface area contributed by atoms with Gasteiger partial charge in [0.05, 0.1) is 22.1 Å². The predicted molar refractivity (Wildman–Crippen MR) is 94.3 cm³/mol. The van der Waals surface area contributed by atoms with Crippen LogP contribution < -0.4 is 0 Å². The van der Waals surface area contributed by atoms with Gasteiger partial charge in [-0.15, -0.1) is 0 Å². The summed E-state index contributed by atoms with van der Waals surface area (Å²) >= 11 is 0. The van der Waals surface area contributed by atoms with Crippen molar-refractivity contribution in [2.75, 3.05) is 0 Å². The van der Waals surface area contributed by atoms with Crippen molar-refractivity contribution in [3.05, 3.63) is 78.4 Å². The van der Waals surface area contributed by atoms with Gasteiger partial charge < -0.3 is 0 Å². The highest BCUT2D eigenvalue weighted by Crippen LogP contribution is 2.29. The summed E-state index contributed by atoms with van der Waals surface area (Å²) < 4.78 is 4.49. The van der Waals surface area contributed by atoms with Gasteiger partial charge >= 0.3 is 0 Å². The van der Waals surface area contributed by atoms with Gasteiger partial charge in [-0.3, -0.25) is 8.97 Å². The Morgan fingerprint density at radius 2 is 1.52 bits per heavy atom. The molecule has 3 nitrogen and oxygen atoms in total. The molecule has 0 spiro atoms. The standard InChI is InChI=1S/C20H15N3/c1-14-11-12-18-19(13-14)23-17-10-6-5-9-16(17)21-20(23)22(18)15-7-3-2-4-8-15/h2-13H,1H3. The third-order valence-electron chi connectivity index (χ3n) is 4.37. The Hall–Kier alpha value is -3.07. The normalized spacial score (nSPS) is 11.7. The van der Waals surface area contributed by atoms with Gasteiger partial charge in [0.25, 0.3) is 0 Å². The zero-order valence-electron chi connectivity index (χ0n) is 12.8. The van der Waals surface area contributed by atoms with E-state index in [9.17, 15) is 0 Å². The first-order valence-electron chi connectivity index (χ1n) is 7.76. The van der Waals surface area contributed by atoms with Crippen LogP contribution in [0.4, 0.5) is 0 Å². The number of imidazole rings is 2. The Morgan fingerprint density at radius 3 is 2.39 bits per heavy atom. The third-order valence-corrected chi connectivity index (χ3v) is 4.37. The molecule has 23 heavy (non-hydrogen) atoms. The van der Waals surface area contributed by atoms with E-state index in [1.54, 1.807) is 0 Å². The van der Waals surface area contributed by atoms with Crippen LogP contribution in [-0.4, -0.2) is 14.0 Å². The summed E-state index contributed by atoms with van der Waals surface area (Å²) in [6, 6.07) is 25.3. The van der Waals surface area contributed by atoms with Crippen LogP contribution in [-0.2, 0) is 0 Å².